The Hall–Kier alpha value is -3.55. The predicted octanol–water partition coefficient (Wildman–Crippen LogP) is 3.20. The predicted molar refractivity (Wildman–Crippen MR) is 124 cm³/mol. The highest BCUT2D eigenvalue weighted by Gasteiger charge is 2.26. The fraction of sp³-hybridized carbons (Fsp3) is 0.375. The molecule has 0 aliphatic carbocycles. The Bertz CT molecular complexity index is 991. The lowest BCUT2D eigenvalue weighted by Crippen LogP contribution is -2.44. The summed E-state index contributed by atoms with van der Waals surface area (Å²) in [5.41, 5.74) is 3.19. The smallest absolute Gasteiger partial charge is 0.321 e. The van der Waals surface area contributed by atoms with Crippen LogP contribution in [0.4, 0.5) is 21.0 Å². The van der Waals surface area contributed by atoms with E-state index in [0.29, 0.717) is 38.3 Å². The van der Waals surface area contributed by atoms with E-state index in [1.807, 2.05) is 48.2 Å². The topological polar surface area (TPSA) is 93.8 Å². The zero-order valence-corrected chi connectivity index (χ0v) is 18.3. The molecule has 0 bridgehead atoms. The number of anilines is 2. The summed E-state index contributed by atoms with van der Waals surface area (Å²) in [7, 11) is 0. The van der Waals surface area contributed by atoms with Gasteiger partial charge in [-0.15, -0.1) is 0 Å². The van der Waals surface area contributed by atoms with Crippen LogP contribution in [0.1, 0.15) is 28.8 Å². The Morgan fingerprint density at radius 3 is 2.69 bits per heavy atom. The molecule has 8 heteroatoms. The molecule has 1 atom stereocenters. The van der Waals surface area contributed by atoms with Gasteiger partial charge in [-0.1, -0.05) is 23.8 Å². The van der Waals surface area contributed by atoms with E-state index in [2.05, 4.69) is 16.0 Å². The minimum absolute atomic E-state index is 0.0414. The third-order valence-corrected chi connectivity index (χ3v) is 5.93. The number of aryl methyl sites for hydroxylation is 1. The second-order valence-corrected chi connectivity index (χ2v) is 8.39. The number of rotatable bonds is 5. The van der Waals surface area contributed by atoms with Crippen molar-refractivity contribution in [3.8, 4) is 0 Å². The molecule has 2 heterocycles. The standard InChI is InChI=1S/C24H29N5O3/c1-17-7-9-20(10-8-17)27-23(31)26-15-18-4-3-12-28(16-18)22(30)19-5-2-6-21(14-19)29-13-11-25-24(29)32/h2,5-10,14,18H,3-4,11-13,15-16H2,1H3,(H,25,32)(H2,26,27,31). The van der Waals surface area contributed by atoms with Crippen molar-refractivity contribution < 1.29 is 14.4 Å². The maximum absolute atomic E-state index is 13.1. The van der Waals surface area contributed by atoms with Crippen LogP contribution >= 0.6 is 0 Å². The second-order valence-electron chi connectivity index (χ2n) is 8.39. The molecule has 0 spiro atoms. The summed E-state index contributed by atoms with van der Waals surface area (Å²) in [5, 5.41) is 8.54. The van der Waals surface area contributed by atoms with Gasteiger partial charge in [0.15, 0.2) is 0 Å². The number of amides is 5. The van der Waals surface area contributed by atoms with E-state index < -0.39 is 0 Å². The number of likely N-dealkylation sites (tertiary alicyclic amines) is 1. The van der Waals surface area contributed by atoms with Crippen molar-refractivity contribution in [2.24, 2.45) is 5.92 Å². The normalized spacial score (nSPS) is 18.3. The molecule has 0 radical (unpaired) electrons. The van der Waals surface area contributed by atoms with E-state index in [1.165, 1.54) is 0 Å². The SMILES string of the molecule is Cc1ccc(NC(=O)NCC2CCCN(C(=O)c3cccc(N4CCNC4=O)c3)C2)cc1. The first-order valence-electron chi connectivity index (χ1n) is 11.1. The van der Waals surface area contributed by atoms with E-state index in [-0.39, 0.29) is 23.9 Å². The van der Waals surface area contributed by atoms with Gasteiger partial charge in [-0.2, -0.15) is 0 Å². The van der Waals surface area contributed by atoms with Crippen LogP contribution in [0, 0.1) is 12.8 Å². The fourth-order valence-corrected chi connectivity index (χ4v) is 4.17. The van der Waals surface area contributed by atoms with Crippen molar-refractivity contribution in [2.45, 2.75) is 19.8 Å². The number of benzene rings is 2. The Morgan fingerprint density at radius 2 is 1.94 bits per heavy atom. The first-order valence-corrected chi connectivity index (χ1v) is 11.1. The van der Waals surface area contributed by atoms with Gasteiger partial charge in [0.25, 0.3) is 5.91 Å². The summed E-state index contributed by atoms with van der Waals surface area (Å²) in [6.45, 7) is 5.00. The summed E-state index contributed by atoms with van der Waals surface area (Å²) in [5.74, 6) is 0.157. The van der Waals surface area contributed by atoms with Gasteiger partial charge in [0.05, 0.1) is 0 Å². The van der Waals surface area contributed by atoms with Crippen LogP contribution < -0.4 is 20.9 Å². The zero-order valence-electron chi connectivity index (χ0n) is 18.3. The maximum atomic E-state index is 13.1. The summed E-state index contributed by atoms with van der Waals surface area (Å²) >= 11 is 0. The van der Waals surface area contributed by atoms with E-state index >= 15 is 0 Å². The number of piperidine rings is 1. The first kappa shape index (κ1) is 21.7. The van der Waals surface area contributed by atoms with Crippen molar-refractivity contribution in [3.05, 3.63) is 59.7 Å². The van der Waals surface area contributed by atoms with Crippen LogP contribution in [0.15, 0.2) is 48.5 Å². The Kier molecular flexibility index (Phi) is 6.58. The van der Waals surface area contributed by atoms with Crippen LogP contribution in [0.2, 0.25) is 0 Å². The van der Waals surface area contributed by atoms with Gasteiger partial charge in [0.2, 0.25) is 0 Å². The van der Waals surface area contributed by atoms with Gasteiger partial charge in [0, 0.05) is 49.7 Å². The summed E-state index contributed by atoms with van der Waals surface area (Å²) in [6, 6.07) is 14.5. The number of hydrogen-bond acceptors (Lipinski definition) is 3. The zero-order chi connectivity index (χ0) is 22.5. The maximum Gasteiger partial charge on any atom is 0.321 e. The van der Waals surface area contributed by atoms with Gasteiger partial charge in [-0.05, 0) is 56.0 Å². The molecule has 2 aliphatic heterocycles. The van der Waals surface area contributed by atoms with Gasteiger partial charge in [-0.25, -0.2) is 9.59 Å². The molecule has 1 unspecified atom stereocenters. The Labute approximate surface area is 188 Å². The molecule has 2 saturated heterocycles. The molecule has 0 saturated carbocycles. The van der Waals surface area contributed by atoms with E-state index in [9.17, 15) is 14.4 Å². The molecule has 32 heavy (non-hydrogen) atoms. The van der Waals surface area contributed by atoms with E-state index in [1.54, 1.807) is 17.0 Å². The Morgan fingerprint density at radius 1 is 1.12 bits per heavy atom. The molecule has 8 nitrogen and oxygen atoms in total. The van der Waals surface area contributed by atoms with Crippen molar-refractivity contribution in [1.29, 1.82) is 0 Å². The first-order chi connectivity index (χ1) is 15.5. The highest BCUT2D eigenvalue weighted by atomic mass is 16.2. The minimum atomic E-state index is -0.242. The van der Waals surface area contributed by atoms with Crippen LogP contribution in [0.25, 0.3) is 0 Å². The van der Waals surface area contributed by atoms with Crippen LogP contribution in [0.5, 0.6) is 0 Å². The summed E-state index contributed by atoms with van der Waals surface area (Å²) in [4.78, 5) is 40.8. The van der Waals surface area contributed by atoms with Crippen LogP contribution in [-0.4, -0.2) is 55.6 Å². The molecule has 3 N–H and O–H groups in total. The molecular formula is C24H29N5O3. The summed E-state index contributed by atoms with van der Waals surface area (Å²) in [6.07, 6.45) is 1.86. The molecule has 4 rings (SSSR count). The molecule has 2 fully saturated rings. The number of hydrogen-bond donors (Lipinski definition) is 3. The van der Waals surface area contributed by atoms with E-state index in [0.717, 1.165) is 29.8 Å². The van der Waals surface area contributed by atoms with Gasteiger partial charge >= 0.3 is 12.1 Å². The molecule has 168 valence electrons. The van der Waals surface area contributed by atoms with Gasteiger partial charge < -0.3 is 20.9 Å². The molecule has 5 amide bonds. The highest BCUT2D eigenvalue weighted by Crippen LogP contribution is 2.22. The molecular weight excluding hydrogens is 406 g/mol. The number of carbonyl (C=O) groups excluding carboxylic acids is 3. The largest absolute Gasteiger partial charge is 0.338 e. The lowest BCUT2D eigenvalue weighted by atomic mass is 9.97. The highest BCUT2D eigenvalue weighted by molar-refractivity contribution is 5.98. The average molecular weight is 436 g/mol. The van der Waals surface area contributed by atoms with Gasteiger partial charge in [0.1, 0.15) is 0 Å². The third kappa shape index (κ3) is 5.19. The number of urea groups is 2. The fourth-order valence-electron chi connectivity index (χ4n) is 4.17. The lowest BCUT2D eigenvalue weighted by molar-refractivity contribution is 0.0675. The van der Waals surface area contributed by atoms with Crippen LogP contribution in [0.3, 0.4) is 0 Å². The monoisotopic (exact) mass is 435 g/mol. The van der Waals surface area contributed by atoms with Gasteiger partial charge in [-0.3, -0.25) is 9.69 Å². The van der Waals surface area contributed by atoms with E-state index in [4.69, 9.17) is 0 Å². The second kappa shape index (κ2) is 9.72. The van der Waals surface area contributed by atoms with Crippen molar-refractivity contribution in [1.82, 2.24) is 15.5 Å². The quantitative estimate of drug-likeness (QED) is 0.673. The number of carbonyl (C=O) groups is 3. The molecule has 2 aromatic rings. The molecule has 2 aromatic carbocycles. The van der Waals surface area contributed by atoms with Crippen LogP contribution in [-0.2, 0) is 0 Å². The third-order valence-electron chi connectivity index (χ3n) is 5.93. The molecule has 0 aromatic heterocycles. The number of nitrogens with one attached hydrogen (secondary N) is 3. The van der Waals surface area contributed by atoms with Crippen molar-refractivity contribution in [3.63, 3.8) is 0 Å². The Balaban J connectivity index is 1.31. The van der Waals surface area contributed by atoms with Crippen molar-refractivity contribution >= 4 is 29.3 Å². The lowest BCUT2D eigenvalue weighted by Gasteiger charge is -2.33. The minimum Gasteiger partial charge on any atom is -0.338 e. The summed E-state index contributed by atoms with van der Waals surface area (Å²) < 4.78 is 0. The average Bonchev–Trinajstić information content (AvgIpc) is 3.25. The van der Waals surface area contributed by atoms with Crippen molar-refractivity contribution in [2.75, 3.05) is 42.9 Å². The number of nitrogens with zero attached hydrogens (tertiary/aromatic N) is 2. The molecule has 2 aliphatic rings.